The quantitative estimate of drug-likeness (QED) is 0.908. The van der Waals surface area contributed by atoms with Crippen LogP contribution >= 0.6 is 0 Å². The summed E-state index contributed by atoms with van der Waals surface area (Å²) in [4.78, 5) is 4.19. The summed E-state index contributed by atoms with van der Waals surface area (Å²) in [6.07, 6.45) is 1.24. The van der Waals surface area contributed by atoms with Crippen molar-refractivity contribution in [2.75, 3.05) is 7.11 Å². The van der Waals surface area contributed by atoms with Crippen LogP contribution in [0.5, 0.6) is 5.75 Å². The number of hydrogen-bond acceptors (Lipinski definition) is 3. The van der Waals surface area contributed by atoms with Crippen LogP contribution in [0.15, 0.2) is 42.6 Å². The summed E-state index contributed by atoms with van der Waals surface area (Å²) < 4.78 is 18.5. The fourth-order valence-corrected chi connectivity index (χ4v) is 2.13. The van der Waals surface area contributed by atoms with E-state index >= 15 is 0 Å². The molecule has 0 saturated heterocycles. The predicted molar refractivity (Wildman–Crippen MR) is 77.3 cm³/mol. The smallest absolute Gasteiger partial charge is 0.141 e. The van der Waals surface area contributed by atoms with Crippen molar-refractivity contribution in [3.63, 3.8) is 0 Å². The summed E-state index contributed by atoms with van der Waals surface area (Å²) in [7, 11) is 1.64. The van der Waals surface area contributed by atoms with E-state index in [9.17, 15) is 4.39 Å². The maximum atomic E-state index is 13.1. The molecule has 1 aromatic carbocycles. The molecule has 1 aromatic heterocycles. The van der Waals surface area contributed by atoms with Crippen LogP contribution in [0.4, 0.5) is 4.39 Å². The van der Waals surface area contributed by atoms with Crippen molar-refractivity contribution < 1.29 is 9.13 Å². The molecule has 3 nitrogen and oxygen atoms in total. The van der Waals surface area contributed by atoms with Gasteiger partial charge in [0.1, 0.15) is 11.6 Å². The molecule has 0 bridgehead atoms. The highest BCUT2D eigenvalue weighted by Crippen LogP contribution is 2.29. The molecule has 1 N–H and O–H groups in total. The van der Waals surface area contributed by atoms with E-state index in [-0.39, 0.29) is 17.9 Å². The van der Waals surface area contributed by atoms with Crippen LogP contribution < -0.4 is 10.1 Å². The van der Waals surface area contributed by atoms with Gasteiger partial charge in [0.15, 0.2) is 0 Å². The largest absolute Gasteiger partial charge is 0.496 e. The standard InChI is InChI=1S/C16H19FN2O/c1-11(2)19-16(14-9-8-12(17)10-18-14)13-6-4-5-7-15(13)20-3/h4-11,16,19H,1-3H3. The fourth-order valence-electron chi connectivity index (χ4n) is 2.13. The number of aromatic nitrogens is 1. The first kappa shape index (κ1) is 14.5. The summed E-state index contributed by atoms with van der Waals surface area (Å²) in [5, 5.41) is 3.44. The van der Waals surface area contributed by atoms with Gasteiger partial charge in [0.2, 0.25) is 0 Å². The summed E-state index contributed by atoms with van der Waals surface area (Å²) in [6, 6.07) is 11.0. The van der Waals surface area contributed by atoms with Gasteiger partial charge in [-0.1, -0.05) is 18.2 Å². The van der Waals surface area contributed by atoms with E-state index < -0.39 is 0 Å². The van der Waals surface area contributed by atoms with Gasteiger partial charge in [-0.15, -0.1) is 0 Å². The van der Waals surface area contributed by atoms with Crippen molar-refractivity contribution in [1.82, 2.24) is 10.3 Å². The molecule has 2 aromatic rings. The van der Waals surface area contributed by atoms with E-state index in [2.05, 4.69) is 24.1 Å². The predicted octanol–water partition coefficient (Wildman–Crippen LogP) is 3.32. The lowest BCUT2D eigenvalue weighted by atomic mass is 10.0. The normalized spacial score (nSPS) is 12.4. The molecular weight excluding hydrogens is 255 g/mol. The van der Waals surface area contributed by atoms with Gasteiger partial charge in [-0.2, -0.15) is 0 Å². The number of pyridine rings is 1. The average Bonchev–Trinajstić information content (AvgIpc) is 2.45. The summed E-state index contributed by atoms with van der Waals surface area (Å²) >= 11 is 0. The molecule has 1 heterocycles. The number of benzene rings is 1. The Balaban J connectivity index is 2.44. The van der Waals surface area contributed by atoms with Crippen molar-refractivity contribution in [2.24, 2.45) is 0 Å². The molecule has 0 fully saturated rings. The van der Waals surface area contributed by atoms with E-state index in [0.717, 1.165) is 17.0 Å². The molecule has 106 valence electrons. The van der Waals surface area contributed by atoms with Crippen LogP contribution in [-0.2, 0) is 0 Å². The van der Waals surface area contributed by atoms with Crippen LogP contribution in [0.25, 0.3) is 0 Å². The third-order valence-corrected chi connectivity index (χ3v) is 3.00. The maximum absolute atomic E-state index is 13.1. The molecule has 1 atom stereocenters. The van der Waals surface area contributed by atoms with Gasteiger partial charge in [-0.3, -0.25) is 4.98 Å². The van der Waals surface area contributed by atoms with Gasteiger partial charge in [0.05, 0.1) is 25.0 Å². The first-order valence-corrected chi connectivity index (χ1v) is 6.62. The van der Waals surface area contributed by atoms with Gasteiger partial charge >= 0.3 is 0 Å². The second-order valence-electron chi connectivity index (χ2n) is 4.90. The second kappa shape index (κ2) is 6.48. The highest BCUT2D eigenvalue weighted by Gasteiger charge is 2.19. The van der Waals surface area contributed by atoms with Gasteiger partial charge in [0.25, 0.3) is 0 Å². The molecule has 0 radical (unpaired) electrons. The second-order valence-corrected chi connectivity index (χ2v) is 4.90. The Labute approximate surface area is 118 Å². The topological polar surface area (TPSA) is 34.1 Å². The molecule has 0 aliphatic carbocycles. The lowest BCUT2D eigenvalue weighted by Crippen LogP contribution is -2.29. The first-order valence-electron chi connectivity index (χ1n) is 6.62. The Morgan fingerprint density at radius 2 is 1.90 bits per heavy atom. The minimum atomic E-state index is -0.336. The molecular formula is C16H19FN2O. The zero-order valence-corrected chi connectivity index (χ0v) is 11.9. The number of methoxy groups -OCH3 is 1. The minimum absolute atomic E-state index is 0.133. The number of para-hydroxylation sites is 1. The summed E-state index contributed by atoms with van der Waals surface area (Å²) in [6.45, 7) is 4.12. The number of hydrogen-bond donors (Lipinski definition) is 1. The van der Waals surface area contributed by atoms with Gasteiger partial charge in [-0.25, -0.2) is 4.39 Å². The Bertz CT molecular complexity index is 555. The molecule has 20 heavy (non-hydrogen) atoms. The number of rotatable bonds is 5. The molecule has 0 aliphatic heterocycles. The van der Waals surface area contributed by atoms with E-state index in [4.69, 9.17) is 4.74 Å². The van der Waals surface area contributed by atoms with Crippen LogP contribution in [0.3, 0.4) is 0 Å². The molecule has 0 spiro atoms. The zero-order chi connectivity index (χ0) is 14.5. The lowest BCUT2D eigenvalue weighted by Gasteiger charge is -2.23. The van der Waals surface area contributed by atoms with Crippen LogP contribution in [-0.4, -0.2) is 18.1 Å². The number of nitrogens with zero attached hydrogens (tertiary/aromatic N) is 1. The zero-order valence-electron chi connectivity index (χ0n) is 11.9. The molecule has 0 amide bonds. The molecule has 0 saturated carbocycles. The fraction of sp³-hybridized carbons (Fsp3) is 0.312. The van der Waals surface area contributed by atoms with Crippen LogP contribution in [0.2, 0.25) is 0 Å². The number of ether oxygens (including phenoxy) is 1. The van der Waals surface area contributed by atoms with Crippen molar-refractivity contribution in [3.8, 4) is 5.75 Å². The molecule has 4 heteroatoms. The van der Waals surface area contributed by atoms with E-state index in [1.165, 1.54) is 12.3 Å². The average molecular weight is 274 g/mol. The molecule has 2 rings (SSSR count). The first-order chi connectivity index (χ1) is 9.61. The van der Waals surface area contributed by atoms with E-state index in [1.807, 2.05) is 24.3 Å². The SMILES string of the molecule is COc1ccccc1C(NC(C)C)c1ccc(F)cn1. The summed E-state index contributed by atoms with van der Waals surface area (Å²) in [5.74, 6) is 0.453. The monoisotopic (exact) mass is 274 g/mol. The van der Waals surface area contributed by atoms with E-state index in [1.54, 1.807) is 13.2 Å². The Hall–Kier alpha value is -1.94. The van der Waals surface area contributed by atoms with Crippen LogP contribution in [0, 0.1) is 5.82 Å². The maximum Gasteiger partial charge on any atom is 0.141 e. The lowest BCUT2D eigenvalue weighted by molar-refractivity contribution is 0.400. The minimum Gasteiger partial charge on any atom is -0.496 e. The van der Waals surface area contributed by atoms with Crippen molar-refractivity contribution in [2.45, 2.75) is 25.9 Å². The summed E-state index contributed by atoms with van der Waals surface area (Å²) in [5.41, 5.74) is 1.76. The third kappa shape index (κ3) is 3.33. The Morgan fingerprint density at radius 1 is 1.15 bits per heavy atom. The Morgan fingerprint density at radius 3 is 2.50 bits per heavy atom. The highest BCUT2D eigenvalue weighted by atomic mass is 19.1. The van der Waals surface area contributed by atoms with Gasteiger partial charge < -0.3 is 10.1 Å². The number of nitrogens with one attached hydrogen (secondary N) is 1. The Kier molecular flexibility index (Phi) is 4.69. The van der Waals surface area contributed by atoms with Crippen molar-refractivity contribution >= 4 is 0 Å². The number of halogens is 1. The molecule has 1 unspecified atom stereocenters. The third-order valence-electron chi connectivity index (χ3n) is 3.00. The molecule has 0 aliphatic rings. The van der Waals surface area contributed by atoms with Gasteiger partial charge in [-0.05, 0) is 32.0 Å². The van der Waals surface area contributed by atoms with Crippen molar-refractivity contribution in [3.05, 3.63) is 59.7 Å². The highest BCUT2D eigenvalue weighted by molar-refractivity contribution is 5.40. The van der Waals surface area contributed by atoms with Gasteiger partial charge in [0, 0.05) is 11.6 Å². The van der Waals surface area contributed by atoms with Crippen molar-refractivity contribution in [1.29, 1.82) is 0 Å². The van der Waals surface area contributed by atoms with E-state index in [0.29, 0.717) is 0 Å². The van der Waals surface area contributed by atoms with Crippen LogP contribution in [0.1, 0.15) is 31.1 Å².